The lowest BCUT2D eigenvalue weighted by atomic mass is 9.92. The molecule has 2 amide bonds. The van der Waals surface area contributed by atoms with E-state index in [0.29, 0.717) is 13.2 Å². The smallest absolute Gasteiger partial charge is 0.243 e. The van der Waals surface area contributed by atoms with Gasteiger partial charge in [0, 0.05) is 23.4 Å². The number of ether oxygens (including phenoxy) is 1. The molecule has 1 aliphatic heterocycles. The van der Waals surface area contributed by atoms with Crippen molar-refractivity contribution in [2.24, 2.45) is 11.7 Å². The topological polar surface area (TPSA) is 93.5 Å². The second kappa shape index (κ2) is 9.98. The predicted octanol–water partition coefficient (Wildman–Crippen LogP) is 1.99. The van der Waals surface area contributed by atoms with Crippen LogP contribution < -0.4 is 16.4 Å². The summed E-state index contributed by atoms with van der Waals surface area (Å²) in [7, 11) is 0. The molecule has 6 nitrogen and oxygen atoms in total. The van der Waals surface area contributed by atoms with Gasteiger partial charge in [0.05, 0.1) is 12.6 Å². The van der Waals surface area contributed by atoms with E-state index in [2.05, 4.69) is 26.6 Å². The number of amides is 2. The molecule has 134 valence electrons. The molecule has 0 aliphatic carbocycles. The normalized spacial score (nSPS) is 16.0. The average molecular weight is 421 g/mol. The zero-order valence-corrected chi connectivity index (χ0v) is 15.9. The highest BCUT2D eigenvalue weighted by Gasteiger charge is 2.26. The van der Waals surface area contributed by atoms with Crippen molar-refractivity contribution in [1.29, 1.82) is 0 Å². The number of benzene rings is 1. The van der Waals surface area contributed by atoms with Gasteiger partial charge in [0.15, 0.2) is 0 Å². The molecule has 4 N–H and O–H groups in total. The van der Waals surface area contributed by atoms with Gasteiger partial charge in [0.25, 0.3) is 0 Å². The van der Waals surface area contributed by atoms with Gasteiger partial charge in [-0.15, -0.1) is 12.4 Å². The minimum Gasteiger partial charge on any atom is -0.381 e. The number of aryl methyl sites for hydroxylation is 1. The molecule has 2 rings (SSSR count). The highest BCUT2D eigenvalue weighted by Crippen LogP contribution is 2.20. The first-order valence-corrected chi connectivity index (χ1v) is 8.43. The van der Waals surface area contributed by atoms with Gasteiger partial charge in [-0.3, -0.25) is 9.59 Å². The second-order valence-electron chi connectivity index (χ2n) is 5.70. The van der Waals surface area contributed by atoms with Gasteiger partial charge in [0.2, 0.25) is 11.8 Å². The quantitative estimate of drug-likeness (QED) is 0.679. The van der Waals surface area contributed by atoms with Crippen molar-refractivity contribution >= 4 is 45.8 Å². The van der Waals surface area contributed by atoms with Crippen LogP contribution in [-0.2, 0) is 14.3 Å². The Balaban J connectivity index is 0.00000288. The Bertz CT molecular complexity index is 580. The van der Waals surface area contributed by atoms with Crippen molar-refractivity contribution in [3.63, 3.8) is 0 Å². The number of halogens is 2. The number of anilines is 1. The van der Waals surface area contributed by atoms with Crippen LogP contribution in [0.2, 0.25) is 0 Å². The molecule has 1 saturated heterocycles. The molecule has 0 aromatic heterocycles. The maximum atomic E-state index is 12.0. The summed E-state index contributed by atoms with van der Waals surface area (Å²) in [4.78, 5) is 24.0. The lowest BCUT2D eigenvalue weighted by Crippen LogP contribution is -2.48. The van der Waals surface area contributed by atoms with Crippen molar-refractivity contribution in [2.75, 3.05) is 25.1 Å². The summed E-state index contributed by atoms with van der Waals surface area (Å²) in [6.07, 6.45) is 1.55. The summed E-state index contributed by atoms with van der Waals surface area (Å²) in [5.41, 5.74) is 7.63. The zero-order chi connectivity index (χ0) is 16.8. The first-order valence-electron chi connectivity index (χ1n) is 7.64. The third-order valence-corrected chi connectivity index (χ3v) is 4.46. The summed E-state index contributed by atoms with van der Waals surface area (Å²) in [6, 6.07) is 4.98. The van der Waals surface area contributed by atoms with Crippen LogP contribution in [0.1, 0.15) is 18.4 Å². The van der Waals surface area contributed by atoms with Gasteiger partial charge < -0.3 is 21.1 Å². The monoisotopic (exact) mass is 419 g/mol. The molecule has 24 heavy (non-hydrogen) atoms. The first-order chi connectivity index (χ1) is 11.0. The molecule has 8 heteroatoms. The van der Waals surface area contributed by atoms with Gasteiger partial charge in [-0.2, -0.15) is 0 Å². The Morgan fingerprint density at radius 1 is 1.38 bits per heavy atom. The number of hydrogen-bond donors (Lipinski definition) is 3. The molecule has 0 bridgehead atoms. The minimum absolute atomic E-state index is 0. The van der Waals surface area contributed by atoms with Gasteiger partial charge >= 0.3 is 0 Å². The molecule has 0 saturated carbocycles. The van der Waals surface area contributed by atoms with Crippen LogP contribution in [0.15, 0.2) is 22.7 Å². The van der Waals surface area contributed by atoms with Crippen LogP contribution in [0.3, 0.4) is 0 Å². The van der Waals surface area contributed by atoms with Crippen molar-refractivity contribution in [2.45, 2.75) is 25.8 Å². The highest BCUT2D eigenvalue weighted by molar-refractivity contribution is 9.10. The number of carbonyl (C=O) groups is 2. The molecule has 1 unspecified atom stereocenters. The Hall–Kier alpha value is -1.15. The SMILES string of the molecule is Cc1cc(Br)ccc1NC(=O)CNC(=O)C(N)C1CCOCC1.Cl. The molecular weight excluding hydrogens is 398 g/mol. The third kappa shape index (κ3) is 6.05. The van der Waals surface area contributed by atoms with Crippen LogP contribution in [0.5, 0.6) is 0 Å². The van der Waals surface area contributed by atoms with E-state index >= 15 is 0 Å². The molecule has 1 atom stereocenters. The number of hydrogen-bond acceptors (Lipinski definition) is 4. The summed E-state index contributed by atoms with van der Waals surface area (Å²) >= 11 is 3.37. The zero-order valence-electron chi connectivity index (χ0n) is 13.5. The van der Waals surface area contributed by atoms with E-state index in [1.165, 1.54) is 0 Å². The maximum absolute atomic E-state index is 12.0. The fourth-order valence-electron chi connectivity index (χ4n) is 2.54. The van der Waals surface area contributed by atoms with Crippen LogP contribution in [0.25, 0.3) is 0 Å². The van der Waals surface area contributed by atoms with Crippen LogP contribution in [0.4, 0.5) is 5.69 Å². The lowest BCUT2D eigenvalue weighted by molar-refractivity contribution is -0.126. The Kier molecular flexibility index (Phi) is 8.69. The molecule has 0 spiro atoms. The summed E-state index contributed by atoms with van der Waals surface area (Å²) < 4.78 is 6.21. The van der Waals surface area contributed by atoms with Gasteiger partial charge in [0.1, 0.15) is 0 Å². The summed E-state index contributed by atoms with van der Waals surface area (Å²) in [5, 5.41) is 5.38. The molecular formula is C16H23BrClN3O3. The van der Waals surface area contributed by atoms with Crippen LogP contribution >= 0.6 is 28.3 Å². The van der Waals surface area contributed by atoms with Gasteiger partial charge in [-0.25, -0.2) is 0 Å². The highest BCUT2D eigenvalue weighted by atomic mass is 79.9. The fraction of sp³-hybridized carbons (Fsp3) is 0.500. The third-order valence-electron chi connectivity index (χ3n) is 3.96. The minimum atomic E-state index is -0.596. The van der Waals surface area contributed by atoms with E-state index < -0.39 is 6.04 Å². The second-order valence-corrected chi connectivity index (χ2v) is 6.62. The van der Waals surface area contributed by atoms with Crippen molar-refractivity contribution < 1.29 is 14.3 Å². The Labute approximate surface area is 156 Å². The fourth-order valence-corrected chi connectivity index (χ4v) is 3.01. The standard InChI is InChI=1S/C16H22BrN3O3.ClH/c1-10-8-12(17)2-3-13(10)20-14(21)9-19-16(22)15(18)11-4-6-23-7-5-11;/h2-3,8,11,15H,4-7,9,18H2,1H3,(H,19,22)(H,20,21);1H. The largest absolute Gasteiger partial charge is 0.381 e. The average Bonchev–Trinajstić information content (AvgIpc) is 2.55. The van der Waals surface area contributed by atoms with E-state index in [1.807, 2.05) is 25.1 Å². The summed E-state index contributed by atoms with van der Waals surface area (Å²) in [5.74, 6) is -0.456. The molecule has 1 fully saturated rings. The molecule has 1 heterocycles. The molecule has 0 radical (unpaired) electrons. The lowest BCUT2D eigenvalue weighted by Gasteiger charge is -2.26. The van der Waals surface area contributed by atoms with Crippen LogP contribution in [-0.4, -0.2) is 37.6 Å². The van der Waals surface area contributed by atoms with Gasteiger partial charge in [-0.1, -0.05) is 15.9 Å². The van der Waals surface area contributed by atoms with Crippen molar-refractivity contribution in [3.8, 4) is 0 Å². The van der Waals surface area contributed by atoms with E-state index in [0.717, 1.165) is 28.6 Å². The molecule has 1 aromatic carbocycles. The van der Waals surface area contributed by atoms with E-state index in [4.69, 9.17) is 10.5 Å². The Morgan fingerprint density at radius 2 is 2.04 bits per heavy atom. The van der Waals surface area contributed by atoms with Gasteiger partial charge in [-0.05, 0) is 49.4 Å². The number of rotatable bonds is 5. The number of carbonyl (C=O) groups excluding carboxylic acids is 2. The molecule has 1 aromatic rings. The first kappa shape index (κ1) is 20.9. The Morgan fingerprint density at radius 3 is 2.67 bits per heavy atom. The van der Waals surface area contributed by atoms with Crippen molar-refractivity contribution in [1.82, 2.24) is 5.32 Å². The number of nitrogens with one attached hydrogen (secondary N) is 2. The summed E-state index contributed by atoms with van der Waals surface area (Å²) in [6.45, 7) is 3.08. The number of nitrogens with two attached hydrogens (primary N) is 1. The van der Waals surface area contributed by atoms with Crippen LogP contribution in [0, 0.1) is 12.8 Å². The van der Waals surface area contributed by atoms with Crippen molar-refractivity contribution in [3.05, 3.63) is 28.2 Å². The van der Waals surface area contributed by atoms with E-state index in [9.17, 15) is 9.59 Å². The molecule has 1 aliphatic rings. The van der Waals surface area contributed by atoms with E-state index in [-0.39, 0.29) is 36.7 Å². The maximum Gasteiger partial charge on any atom is 0.243 e. The van der Waals surface area contributed by atoms with E-state index in [1.54, 1.807) is 0 Å². The predicted molar refractivity (Wildman–Crippen MR) is 99.3 cm³/mol.